The molecular formula is C16H26N4O3S. The molecule has 8 heteroatoms. The van der Waals surface area contributed by atoms with Crippen LogP contribution < -0.4 is 5.73 Å². The summed E-state index contributed by atoms with van der Waals surface area (Å²) >= 11 is 1.24. The predicted molar refractivity (Wildman–Crippen MR) is 93.2 cm³/mol. The number of β-amino-alcohol motifs (C(OH)–C–C–N with tert-alkyl or cyclic N) is 1. The lowest BCUT2D eigenvalue weighted by Gasteiger charge is -2.35. The highest BCUT2D eigenvalue weighted by molar-refractivity contribution is 7.17. The molecule has 134 valence electrons. The molecule has 0 bridgehead atoms. The summed E-state index contributed by atoms with van der Waals surface area (Å²) in [4.78, 5) is 21.6. The lowest BCUT2D eigenvalue weighted by Crippen LogP contribution is -2.48. The van der Waals surface area contributed by atoms with E-state index >= 15 is 0 Å². The number of aliphatic hydroxyl groups is 1. The molecule has 0 spiro atoms. The molecule has 2 aliphatic heterocycles. The first kappa shape index (κ1) is 17.6. The summed E-state index contributed by atoms with van der Waals surface area (Å²) in [6.07, 6.45) is 2.13. The highest BCUT2D eigenvalue weighted by Gasteiger charge is 2.34. The zero-order chi connectivity index (χ0) is 17.2. The number of hydrogen-bond acceptors (Lipinski definition) is 7. The number of anilines is 1. The topological polar surface area (TPSA) is 91.9 Å². The van der Waals surface area contributed by atoms with Gasteiger partial charge in [0.2, 0.25) is 0 Å². The summed E-state index contributed by atoms with van der Waals surface area (Å²) in [7, 11) is 0. The van der Waals surface area contributed by atoms with E-state index in [4.69, 9.17) is 10.5 Å². The lowest BCUT2D eigenvalue weighted by atomic mass is 9.94. The third-order valence-electron chi connectivity index (χ3n) is 4.83. The Balaban J connectivity index is 1.61. The number of ether oxygens (including phenoxy) is 1. The Hall–Kier alpha value is -1.22. The van der Waals surface area contributed by atoms with E-state index in [2.05, 4.69) is 9.88 Å². The summed E-state index contributed by atoms with van der Waals surface area (Å²) in [6.45, 7) is 6.89. The molecule has 0 radical (unpaired) electrons. The van der Waals surface area contributed by atoms with E-state index in [1.807, 2.05) is 11.8 Å². The largest absolute Gasteiger partial charge is 0.388 e. The van der Waals surface area contributed by atoms with Gasteiger partial charge in [-0.15, -0.1) is 0 Å². The van der Waals surface area contributed by atoms with E-state index < -0.39 is 5.60 Å². The number of carbonyl (C=O) groups is 1. The van der Waals surface area contributed by atoms with Crippen LogP contribution in [0.2, 0.25) is 0 Å². The molecule has 24 heavy (non-hydrogen) atoms. The van der Waals surface area contributed by atoms with Gasteiger partial charge in [0, 0.05) is 32.7 Å². The Bertz CT molecular complexity index is 588. The molecule has 3 heterocycles. The molecule has 2 fully saturated rings. The van der Waals surface area contributed by atoms with Crippen molar-refractivity contribution in [2.24, 2.45) is 0 Å². The number of thiazole rings is 1. The van der Waals surface area contributed by atoms with Gasteiger partial charge in [-0.05, 0) is 26.2 Å². The van der Waals surface area contributed by atoms with E-state index in [1.54, 1.807) is 0 Å². The number of aromatic nitrogens is 1. The summed E-state index contributed by atoms with van der Waals surface area (Å²) in [6, 6.07) is 0. The Kier molecular flexibility index (Phi) is 5.39. The number of rotatable bonds is 3. The average molecular weight is 354 g/mol. The lowest BCUT2D eigenvalue weighted by molar-refractivity contribution is -0.0389. The number of amides is 1. The van der Waals surface area contributed by atoms with Gasteiger partial charge >= 0.3 is 0 Å². The molecule has 0 aromatic carbocycles. The number of carbonyl (C=O) groups excluding carboxylic acids is 1. The van der Waals surface area contributed by atoms with E-state index in [9.17, 15) is 9.90 Å². The van der Waals surface area contributed by atoms with E-state index in [1.165, 1.54) is 11.3 Å². The summed E-state index contributed by atoms with van der Waals surface area (Å²) in [5.41, 5.74) is 5.67. The van der Waals surface area contributed by atoms with Crippen molar-refractivity contribution in [3.05, 3.63) is 10.6 Å². The smallest absolute Gasteiger partial charge is 0.265 e. The third-order valence-corrected chi connectivity index (χ3v) is 5.81. The van der Waals surface area contributed by atoms with Crippen molar-refractivity contribution in [1.82, 2.24) is 14.8 Å². The number of morpholine rings is 1. The number of aryl methyl sites for hydroxylation is 1. The van der Waals surface area contributed by atoms with Crippen molar-refractivity contribution in [2.45, 2.75) is 31.8 Å². The number of nitrogens with zero attached hydrogens (tertiary/aromatic N) is 3. The quantitative estimate of drug-likeness (QED) is 0.831. The fourth-order valence-corrected chi connectivity index (χ4v) is 4.28. The highest BCUT2D eigenvalue weighted by Crippen LogP contribution is 2.27. The summed E-state index contributed by atoms with van der Waals surface area (Å²) in [5.74, 6) is -0.0164. The molecule has 1 aromatic heterocycles. The second-order valence-electron chi connectivity index (χ2n) is 6.73. The number of nitrogen functional groups attached to an aromatic ring is 1. The zero-order valence-corrected chi connectivity index (χ0v) is 15.0. The van der Waals surface area contributed by atoms with Crippen LogP contribution in [0.3, 0.4) is 0 Å². The van der Waals surface area contributed by atoms with Crippen LogP contribution in [0.25, 0.3) is 0 Å². The fraction of sp³-hybridized carbons (Fsp3) is 0.750. The van der Waals surface area contributed by atoms with Crippen molar-refractivity contribution in [2.75, 3.05) is 51.7 Å². The first-order chi connectivity index (χ1) is 11.5. The second kappa shape index (κ2) is 7.35. The molecule has 3 N–H and O–H groups in total. The van der Waals surface area contributed by atoms with E-state index in [-0.39, 0.29) is 5.91 Å². The van der Waals surface area contributed by atoms with Crippen molar-refractivity contribution >= 4 is 22.4 Å². The minimum atomic E-state index is -0.728. The van der Waals surface area contributed by atoms with Crippen LogP contribution in [-0.4, -0.2) is 77.3 Å². The highest BCUT2D eigenvalue weighted by atomic mass is 32.1. The molecule has 1 atom stereocenters. The van der Waals surface area contributed by atoms with Crippen LogP contribution >= 0.6 is 11.3 Å². The van der Waals surface area contributed by atoms with Crippen LogP contribution in [-0.2, 0) is 4.74 Å². The fourth-order valence-electron chi connectivity index (χ4n) is 3.47. The SMILES string of the molecule is Cc1nc(N)sc1C(=O)N1CCCC(O)(CN2CCOCC2)CC1. The van der Waals surface area contributed by atoms with E-state index in [0.717, 1.165) is 39.1 Å². The number of hydrogen-bond donors (Lipinski definition) is 2. The van der Waals surface area contributed by atoms with Gasteiger partial charge in [0.15, 0.2) is 5.13 Å². The molecule has 1 amide bonds. The average Bonchev–Trinajstić information content (AvgIpc) is 2.77. The van der Waals surface area contributed by atoms with Crippen LogP contribution in [0, 0.1) is 6.92 Å². The van der Waals surface area contributed by atoms with Crippen LogP contribution in [0.1, 0.15) is 34.6 Å². The van der Waals surface area contributed by atoms with Gasteiger partial charge in [-0.25, -0.2) is 4.98 Å². The molecular weight excluding hydrogens is 328 g/mol. The van der Waals surface area contributed by atoms with Gasteiger partial charge in [0.25, 0.3) is 5.91 Å². The van der Waals surface area contributed by atoms with Crippen LogP contribution in [0.4, 0.5) is 5.13 Å². The second-order valence-corrected chi connectivity index (χ2v) is 7.76. The van der Waals surface area contributed by atoms with Crippen molar-refractivity contribution in [3.8, 4) is 0 Å². The maximum absolute atomic E-state index is 12.7. The summed E-state index contributed by atoms with van der Waals surface area (Å²) < 4.78 is 5.37. The standard InChI is InChI=1S/C16H26N4O3S/c1-12-13(24-15(17)18-12)14(21)20-5-2-3-16(22,4-6-20)11-19-7-9-23-10-8-19/h22H,2-11H2,1H3,(H2,17,18). The molecule has 3 rings (SSSR count). The molecule has 7 nitrogen and oxygen atoms in total. The minimum Gasteiger partial charge on any atom is -0.388 e. The van der Waals surface area contributed by atoms with Gasteiger partial charge in [-0.2, -0.15) is 0 Å². The molecule has 1 aromatic rings. The molecule has 2 saturated heterocycles. The van der Waals surface area contributed by atoms with Crippen LogP contribution in [0.15, 0.2) is 0 Å². The molecule has 0 saturated carbocycles. The zero-order valence-electron chi connectivity index (χ0n) is 14.2. The van der Waals surface area contributed by atoms with Gasteiger partial charge in [-0.1, -0.05) is 11.3 Å². The van der Waals surface area contributed by atoms with Crippen molar-refractivity contribution in [1.29, 1.82) is 0 Å². The Morgan fingerprint density at radius 3 is 2.75 bits per heavy atom. The third kappa shape index (κ3) is 4.05. The molecule has 1 unspecified atom stereocenters. The van der Waals surface area contributed by atoms with Gasteiger partial charge in [0.05, 0.1) is 24.5 Å². The number of nitrogens with two attached hydrogens (primary N) is 1. The van der Waals surface area contributed by atoms with Crippen molar-refractivity contribution in [3.63, 3.8) is 0 Å². The Morgan fingerprint density at radius 1 is 1.33 bits per heavy atom. The van der Waals surface area contributed by atoms with Crippen molar-refractivity contribution < 1.29 is 14.6 Å². The maximum Gasteiger partial charge on any atom is 0.265 e. The first-order valence-corrected chi connectivity index (χ1v) is 9.33. The maximum atomic E-state index is 12.7. The van der Waals surface area contributed by atoms with Gasteiger partial charge < -0.3 is 20.5 Å². The normalized spacial score (nSPS) is 26.3. The number of likely N-dealkylation sites (tertiary alicyclic amines) is 1. The Morgan fingerprint density at radius 2 is 2.08 bits per heavy atom. The first-order valence-electron chi connectivity index (χ1n) is 8.51. The Labute approximate surface area is 146 Å². The molecule has 0 aliphatic carbocycles. The van der Waals surface area contributed by atoms with Gasteiger partial charge in [-0.3, -0.25) is 9.69 Å². The monoisotopic (exact) mass is 354 g/mol. The van der Waals surface area contributed by atoms with Crippen LogP contribution in [0.5, 0.6) is 0 Å². The van der Waals surface area contributed by atoms with E-state index in [0.29, 0.717) is 41.8 Å². The molecule has 2 aliphatic rings. The summed E-state index contributed by atoms with van der Waals surface area (Å²) in [5, 5.41) is 11.4. The predicted octanol–water partition coefficient (Wildman–Crippen LogP) is 0.723. The minimum absolute atomic E-state index is 0.0164. The van der Waals surface area contributed by atoms with Gasteiger partial charge in [0.1, 0.15) is 4.88 Å².